The number of halogens is 1. The van der Waals surface area contributed by atoms with E-state index in [1.165, 1.54) is 0 Å². The molecular weight excluding hydrogens is 302 g/mol. The summed E-state index contributed by atoms with van der Waals surface area (Å²) in [4.78, 5) is 14.7. The molecule has 1 amide bonds. The molecule has 1 saturated heterocycles. The molecule has 0 atom stereocenters. The maximum absolute atomic E-state index is 12.8. The van der Waals surface area contributed by atoms with E-state index in [1.807, 2.05) is 4.90 Å². The predicted molar refractivity (Wildman–Crippen MR) is 87.4 cm³/mol. The Balaban J connectivity index is 2.10. The summed E-state index contributed by atoms with van der Waals surface area (Å²) in [5, 5.41) is 0.636. The van der Waals surface area contributed by atoms with Gasteiger partial charge in [-0.15, -0.1) is 0 Å². The first-order chi connectivity index (χ1) is 10.5. The average molecular weight is 326 g/mol. The number of benzene rings is 1. The second kappa shape index (κ2) is 7.95. The average Bonchev–Trinajstić information content (AvgIpc) is 2.52. The van der Waals surface area contributed by atoms with Crippen molar-refractivity contribution in [2.75, 3.05) is 40.0 Å². The van der Waals surface area contributed by atoms with E-state index in [1.54, 1.807) is 31.4 Å². The lowest BCUT2D eigenvalue weighted by atomic mass is 9.82. The maximum atomic E-state index is 12.8. The minimum Gasteiger partial charge on any atom is -0.383 e. The van der Waals surface area contributed by atoms with Crippen molar-refractivity contribution < 1.29 is 14.3 Å². The normalized spacial score (nSPS) is 17.2. The summed E-state index contributed by atoms with van der Waals surface area (Å²) in [5.41, 5.74) is 0.768. The number of methoxy groups -OCH3 is 1. The van der Waals surface area contributed by atoms with Crippen LogP contribution in [0.2, 0.25) is 5.02 Å². The number of carbonyl (C=O) groups excluding carboxylic acids is 1. The first kappa shape index (κ1) is 17.3. The molecule has 1 fully saturated rings. The Morgan fingerprint density at radius 2 is 1.95 bits per heavy atom. The van der Waals surface area contributed by atoms with Crippen LogP contribution in [-0.4, -0.2) is 50.8 Å². The quantitative estimate of drug-likeness (QED) is 0.806. The molecule has 0 aliphatic carbocycles. The van der Waals surface area contributed by atoms with Crippen molar-refractivity contribution in [1.82, 2.24) is 4.90 Å². The molecule has 2 rings (SSSR count). The van der Waals surface area contributed by atoms with E-state index in [4.69, 9.17) is 21.1 Å². The molecule has 1 heterocycles. The number of amides is 1. The molecule has 0 bridgehead atoms. The Morgan fingerprint density at radius 3 is 2.55 bits per heavy atom. The Morgan fingerprint density at radius 1 is 1.32 bits per heavy atom. The SMILES string of the molecule is COCCN(CC1(C)CCOCC1)C(=O)c1ccc(Cl)cc1. The van der Waals surface area contributed by atoms with E-state index in [9.17, 15) is 4.79 Å². The summed E-state index contributed by atoms with van der Waals surface area (Å²) in [7, 11) is 1.65. The maximum Gasteiger partial charge on any atom is 0.253 e. The zero-order valence-electron chi connectivity index (χ0n) is 13.3. The van der Waals surface area contributed by atoms with Gasteiger partial charge in [-0.05, 0) is 42.5 Å². The molecule has 1 aromatic rings. The number of hydrogen-bond acceptors (Lipinski definition) is 3. The van der Waals surface area contributed by atoms with Crippen molar-refractivity contribution in [3.63, 3.8) is 0 Å². The first-order valence-corrected chi connectivity index (χ1v) is 8.03. The van der Waals surface area contributed by atoms with E-state index in [-0.39, 0.29) is 11.3 Å². The van der Waals surface area contributed by atoms with Gasteiger partial charge in [-0.2, -0.15) is 0 Å². The fraction of sp³-hybridized carbons (Fsp3) is 0.588. The number of nitrogens with zero attached hydrogens (tertiary/aromatic N) is 1. The third-order valence-corrected chi connectivity index (χ3v) is 4.47. The molecule has 0 spiro atoms. The van der Waals surface area contributed by atoms with Gasteiger partial charge in [-0.1, -0.05) is 18.5 Å². The van der Waals surface area contributed by atoms with Crippen molar-refractivity contribution in [3.05, 3.63) is 34.9 Å². The molecule has 0 unspecified atom stereocenters. The van der Waals surface area contributed by atoms with Gasteiger partial charge in [0.1, 0.15) is 0 Å². The predicted octanol–water partition coefficient (Wildman–Crippen LogP) is 3.25. The van der Waals surface area contributed by atoms with Gasteiger partial charge in [0, 0.05) is 44.0 Å². The van der Waals surface area contributed by atoms with Gasteiger partial charge in [0.2, 0.25) is 0 Å². The molecule has 1 aliphatic rings. The summed E-state index contributed by atoms with van der Waals surface area (Å²) in [6.45, 7) is 5.61. The van der Waals surface area contributed by atoms with E-state index < -0.39 is 0 Å². The van der Waals surface area contributed by atoms with Gasteiger partial charge in [0.25, 0.3) is 5.91 Å². The molecule has 4 nitrogen and oxygen atoms in total. The number of carbonyl (C=O) groups is 1. The second-order valence-corrected chi connectivity index (χ2v) is 6.59. The summed E-state index contributed by atoms with van der Waals surface area (Å²) in [6, 6.07) is 7.05. The van der Waals surface area contributed by atoms with E-state index >= 15 is 0 Å². The van der Waals surface area contributed by atoms with Crippen LogP contribution in [0.25, 0.3) is 0 Å². The third-order valence-electron chi connectivity index (χ3n) is 4.22. The van der Waals surface area contributed by atoms with Crippen LogP contribution in [0.5, 0.6) is 0 Å². The molecule has 1 aromatic carbocycles. The van der Waals surface area contributed by atoms with Gasteiger partial charge in [0.15, 0.2) is 0 Å². The van der Waals surface area contributed by atoms with Crippen LogP contribution >= 0.6 is 11.6 Å². The standard InChI is InChI=1S/C17H24ClNO3/c1-17(7-10-22-11-8-17)13-19(9-12-21-2)16(20)14-3-5-15(18)6-4-14/h3-6H,7-13H2,1-2H3. The molecule has 5 heteroatoms. The zero-order valence-corrected chi connectivity index (χ0v) is 14.1. The van der Waals surface area contributed by atoms with Crippen LogP contribution in [0.4, 0.5) is 0 Å². The highest BCUT2D eigenvalue weighted by molar-refractivity contribution is 6.30. The summed E-state index contributed by atoms with van der Waals surface area (Å²) in [5.74, 6) is 0.0291. The van der Waals surface area contributed by atoms with Crippen LogP contribution in [0.15, 0.2) is 24.3 Å². The molecule has 22 heavy (non-hydrogen) atoms. The lowest BCUT2D eigenvalue weighted by Gasteiger charge is -2.38. The van der Waals surface area contributed by atoms with Crippen LogP contribution in [0.3, 0.4) is 0 Å². The summed E-state index contributed by atoms with van der Waals surface area (Å²) in [6.07, 6.45) is 1.95. The van der Waals surface area contributed by atoms with Crippen LogP contribution in [-0.2, 0) is 9.47 Å². The smallest absolute Gasteiger partial charge is 0.253 e. The van der Waals surface area contributed by atoms with Crippen molar-refractivity contribution >= 4 is 17.5 Å². The minimum atomic E-state index is 0.0291. The van der Waals surface area contributed by atoms with Crippen molar-refractivity contribution in [2.45, 2.75) is 19.8 Å². The highest BCUT2D eigenvalue weighted by Gasteiger charge is 2.31. The highest BCUT2D eigenvalue weighted by Crippen LogP contribution is 2.31. The largest absolute Gasteiger partial charge is 0.383 e. The first-order valence-electron chi connectivity index (χ1n) is 7.66. The van der Waals surface area contributed by atoms with Crippen LogP contribution < -0.4 is 0 Å². The molecule has 0 N–H and O–H groups in total. The Labute approximate surface area is 137 Å². The fourth-order valence-electron chi connectivity index (χ4n) is 2.71. The fourth-order valence-corrected chi connectivity index (χ4v) is 2.84. The van der Waals surface area contributed by atoms with E-state index in [2.05, 4.69) is 6.92 Å². The Bertz CT molecular complexity index is 483. The van der Waals surface area contributed by atoms with Gasteiger partial charge < -0.3 is 14.4 Å². The minimum absolute atomic E-state index is 0.0291. The van der Waals surface area contributed by atoms with Gasteiger partial charge in [-0.3, -0.25) is 4.79 Å². The summed E-state index contributed by atoms with van der Waals surface area (Å²) >= 11 is 5.90. The van der Waals surface area contributed by atoms with Crippen molar-refractivity contribution in [2.24, 2.45) is 5.41 Å². The molecular formula is C17H24ClNO3. The number of ether oxygens (including phenoxy) is 2. The molecule has 0 radical (unpaired) electrons. The Hall–Kier alpha value is -1.10. The summed E-state index contributed by atoms with van der Waals surface area (Å²) < 4.78 is 10.6. The van der Waals surface area contributed by atoms with Crippen molar-refractivity contribution in [1.29, 1.82) is 0 Å². The van der Waals surface area contributed by atoms with Crippen LogP contribution in [0, 0.1) is 5.41 Å². The molecule has 0 aromatic heterocycles. The molecule has 0 saturated carbocycles. The van der Waals surface area contributed by atoms with E-state index in [0.29, 0.717) is 23.7 Å². The third kappa shape index (κ3) is 4.70. The zero-order chi connectivity index (χ0) is 16.0. The lowest BCUT2D eigenvalue weighted by Crippen LogP contribution is -2.44. The number of hydrogen-bond donors (Lipinski definition) is 0. The van der Waals surface area contributed by atoms with Crippen LogP contribution in [0.1, 0.15) is 30.1 Å². The topological polar surface area (TPSA) is 38.8 Å². The lowest BCUT2D eigenvalue weighted by molar-refractivity contribution is 0.00274. The van der Waals surface area contributed by atoms with Gasteiger partial charge in [-0.25, -0.2) is 0 Å². The highest BCUT2D eigenvalue weighted by atomic mass is 35.5. The Kier molecular flexibility index (Phi) is 6.24. The van der Waals surface area contributed by atoms with Crippen molar-refractivity contribution in [3.8, 4) is 0 Å². The van der Waals surface area contributed by atoms with E-state index in [0.717, 1.165) is 32.6 Å². The second-order valence-electron chi connectivity index (χ2n) is 6.15. The van der Waals surface area contributed by atoms with Gasteiger partial charge >= 0.3 is 0 Å². The monoisotopic (exact) mass is 325 g/mol. The molecule has 122 valence electrons. The van der Waals surface area contributed by atoms with Gasteiger partial charge in [0.05, 0.1) is 6.61 Å². The number of rotatable bonds is 6. The molecule has 1 aliphatic heterocycles.